The normalized spacial score (nSPS) is 14.8. The second-order valence-corrected chi connectivity index (χ2v) is 8.12. The topological polar surface area (TPSA) is 109 Å². The van der Waals surface area contributed by atoms with E-state index < -0.39 is 10.9 Å². The highest BCUT2D eigenvalue weighted by Crippen LogP contribution is 2.20. The van der Waals surface area contributed by atoms with Gasteiger partial charge in [0.15, 0.2) is 0 Å². The maximum Gasteiger partial charge on any atom is 0.253 e. The van der Waals surface area contributed by atoms with Crippen LogP contribution in [-0.4, -0.2) is 23.5 Å². The van der Waals surface area contributed by atoms with Gasteiger partial charge in [0.1, 0.15) is 11.4 Å². The van der Waals surface area contributed by atoms with Gasteiger partial charge in [-0.25, -0.2) is 5.48 Å². The average molecular weight is 429 g/mol. The molecule has 1 saturated carbocycles. The summed E-state index contributed by atoms with van der Waals surface area (Å²) in [4.78, 5) is 45.0. The number of hydrogen-bond donors (Lipinski definition) is 3. The van der Waals surface area contributed by atoms with Gasteiger partial charge >= 0.3 is 0 Å². The van der Waals surface area contributed by atoms with E-state index in [1.165, 1.54) is 25.7 Å². The molecule has 1 aliphatic rings. The van der Waals surface area contributed by atoms with Crippen LogP contribution in [0, 0.1) is 0 Å². The van der Waals surface area contributed by atoms with Crippen molar-refractivity contribution in [3.8, 4) is 0 Å². The number of carbonyl (C=O) groups is 1. The third kappa shape index (κ3) is 7.17. The monoisotopic (exact) mass is 428 g/mol. The van der Waals surface area contributed by atoms with E-state index in [-0.39, 0.29) is 12.0 Å². The SMILES string of the molecule is O=C(CCCCCCNc1c(Nc2ccncc2)c(=O)c1=O)NOC1CCCCCC1. The minimum atomic E-state index is -0.503. The molecular formula is C23H32N4O4. The minimum absolute atomic E-state index is 0.0575. The summed E-state index contributed by atoms with van der Waals surface area (Å²) in [5.74, 6) is -0.0575. The molecule has 3 rings (SSSR count). The first-order valence-electron chi connectivity index (χ1n) is 11.3. The molecule has 1 heterocycles. The van der Waals surface area contributed by atoms with Crippen molar-refractivity contribution in [1.82, 2.24) is 10.5 Å². The second kappa shape index (κ2) is 12.2. The number of hydrogen-bond acceptors (Lipinski definition) is 7. The zero-order valence-corrected chi connectivity index (χ0v) is 18.0. The van der Waals surface area contributed by atoms with E-state index >= 15 is 0 Å². The second-order valence-electron chi connectivity index (χ2n) is 8.12. The van der Waals surface area contributed by atoms with Crippen LogP contribution in [-0.2, 0) is 9.63 Å². The summed E-state index contributed by atoms with van der Waals surface area (Å²) < 4.78 is 0. The Morgan fingerprint density at radius 1 is 0.935 bits per heavy atom. The number of aromatic nitrogens is 1. The molecule has 168 valence electrons. The summed E-state index contributed by atoms with van der Waals surface area (Å²) in [7, 11) is 0. The van der Waals surface area contributed by atoms with Crippen LogP contribution in [0.2, 0.25) is 0 Å². The Bertz CT molecular complexity index is 885. The molecule has 0 saturated heterocycles. The van der Waals surface area contributed by atoms with Crippen molar-refractivity contribution in [3.63, 3.8) is 0 Å². The minimum Gasteiger partial charge on any atom is -0.380 e. The van der Waals surface area contributed by atoms with Crippen LogP contribution in [0.1, 0.15) is 70.6 Å². The molecule has 0 unspecified atom stereocenters. The van der Waals surface area contributed by atoms with E-state index in [2.05, 4.69) is 21.1 Å². The lowest BCUT2D eigenvalue weighted by molar-refractivity contribution is -0.139. The van der Waals surface area contributed by atoms with E-state index in [9.17, 15) is 14.4 Å². The molecule has 0 spiro atoms. The van der Waals surface area contributed by atoms with E-state index in [4.69, 9.17) is 4.84 Å². The zero-order valence-electron chi connectivity index (χ0n) is 18.0. The molecule has 2 aromatic rings. The molecule has 1 aromatic heterocycles. The van der Waals surface area contributed by atoms with Crippen LogP contribution in [0.25, 0.3) is 0 Å². The highest BCUT2D eigenvalue weighted by atomic mass is 16.7. The van der Waals surface area contributed by atoms with Crippen LogP contribution in [0.15, 0.2) is 34.1 Å². The highest BCUT2D eigenvalue weighted by Gasteiger charge is 2.20. The van der Waals surface area contributed by atoms with E-state index in [1.54, 1.807) is 24.5 Å². The van der Waals surface area contributed by atoms with Gasteiger partial charge in [0.2, 0.25) is 5.91 Å². The molecule has 0 aliphatic heterocycles. The first-order valence-corrected chi connectivity index (χ1v) is 11.3. The smallest absolute Gasteiger partial charge is 0.253 e. The van der Waals surface area contributed by atoms with E-state index in [0.717, 1.165) is 38.5 Å². The van der Waals surface area contributed by atoms with Crippen LogP contribution >= 0.6 is 0 Å². The van der Waals surface area contributed by atoms with Crippen LogP contribution in [0.5, 0.6) is 0 Å². The maximum absolute atomic E-state index is 11.9. The lowest BCUT2D eigenvalue weighted by atomic mass is 10.1. The lowest BCUT2D eigenvalue weighted by Gasteiger charge is -2.15. The van der Waals surface area contributed by atoms with Crippen LogP contribution in [0.3, 0.4) is 0 Å². The highest BCUT2D eigenvalue weighted by molar-refractivity contribution is 5.78. The van der Waals surface area contributed by atoms with Crippen LogP contribution in [0.4, 0.5) is 17.1 Å². The molecule has 3 N–H and O–H groups in total. The number of anilines is 3. The third-order valence-electron chi connectivity index (χ3n) is 5.63. The Morgan fingerprint density at radius 2 is 1.61 bits per heavy atom. The Kier molecular flexibility index (Phi) is 9.02. The van der Waals surface area contributed by atoms with Gasteiger partial charge in [0.05, 0.1) is 6.10 Å². The molecule has 0 radical (unpaired) electrons. The number of amides is 1. The van der Waals surface area contributed by atoms with Crippen molar-refractivity contribution >= 4 is 23.0 Å². The molecular weight excluding hydrogens is 396 g/mol. The summed E-state index contributed by atoms with van der Waals surface area (Å²) in [6.07, 6.45) is 14.3. The Hall–Kier alpha value is -2.74. The zero-order chi connectivity index (χ0) is 21.9. The van der Waals surface area contributed by atoms with Crippen molar-refractivity contribution in [2.45, 2.75) is 76.7 Å². The quantitative estimate of drug-likeness (QED) is 0.205. The lowest BCUT2D eigenvalue weighted by Crippen LogP contribution is -2.36. The molecule has 0 bridgehead atoms. The van der Waals surface area contributed by atoms with Gasteiger partial charge in [-0.3, -0.25) is 24.2 Å². The van der Waals surface area contributed by atoms with Gasteiger partial charge in [-0.15, -0.1) is 0 Å². The molecule has 1 aromatic carbocycles. The van der Waals surface area contributed by atoms with Crippen molar-refractivity contribution < 1.29 is 9.63 Å². The molecule has 1 fully saturated rings. The molecule has 0 atom stereocenters. The van der Waals surface area contributed by atoms with Gasteiger partial charge in [-0.1, -0.05) is 38.5 Å². The molecule has 31 heavy (non-hydrogen) atoms. The molecule has 1 amide bonds. The maximum atomic E-state index is 11.9. The van der Waals surface area contributed by atoms with Gasteiger partial charge in [0, 0.05) is 31.0 Å². The van der Waals surface area contributed by atoms with Crippen molar-refractivity contribution in [3.05, 3.63) is 45.0 Å². The predicted octanol–water partition coefficient (Wildman–Crippen LogP) is 3.55. The summed E-state index contributed by atoms with van der Waals surface area (Å²) in [6.45, 7) is 0.604. The number of nitrogens with zero attached hydrogens (tertiary/aromatic N) is 1. The van der Waals surface area contributed by atoms with E-state index in [0.29, 0.717) is 30.0 Å². The number of carbonyl (C=O) groups excluding carboxylic acids is 1. The Labute approximate surface area is 182 Å². The molecule has 1 aliphatic carbocycles. The van der Waals surface area contributed by atoms with Gasteiger partial charge in [-0.2, -0.15) is 0 Å². The number of unbranched alkanes of at least 4 members (excludes halogenated alkanes) is 3. The van der Waals surface area contributed by atoms with Gasteiger partial charge in [0.25, 0.3) is 10.9 Å². The standard InChI is InChI=1S/C23H32N4O4/c28-19(27-31-18-9-5-1-2-6-10-18)11-7-3-4-8-14-25-20-21(23(30)22(20)29)26-17-12-15-24-16-13-17/h12-13,15-16,18,25H,1-11,14H2,(H,24,26)(H,27,28). The fourth-order valence-corrected chi connectivity index (χ4v) is 3.80. The van der Waals surface area contributed by atoms with Gasteiger partial charge in [-0.05, 0) is 37.8 Å². The predicted molar refractivity (Wildman–Crippen MR) is 121 cm³/mol. The molecule has 8 heteroatoms. The number of hydroxylamine groups is 1. The Morgan fingerprint density at radius 3 is 2.35 bits per heavy atom. The number of pyridine rings is 1. The summed E-state index contributed by atoms with van der Waals surface area (Å²) in [6, 6.07) is 3.47. The Balaban J connectivity index is 1.26. The number of nitrogens with one attached hydrogen (secondary N) is 3. The largest absolute Gasteiger partial charge is 0.380 e. The first-order chi connectivity index (χ1) is 15.1. The number of rotatable bonds is 12. The summed E-state index contributed by atoms with van der Waals surface area (Å²) in [5.41, 5.74) is 2.99. The van der Waals surface area contributed by atoms with Crippen LogP contribution < -0.4 is 27.0 Å². The fourth-order valence-electron chi connectivity index (χ4n) is 3.80. The van der Waals surface area contributed by atoms with E-state index in [1.807, 2.05) is 0 Å². The summed E-state index contributed by atoms with van der Waals surface area (Å²) in [5, 5.41) is 6.03. The van der Waals surface area contributed by atoms with Crippen molar-refractivity contribution in [1.29, 1.82) is 0 Å². The molecule has 8 nitrogen and oxygen atoms in total. The third-order valence-corrected chi connectivity index (χ3v) is 5.63. The average Bonchev–Trinajstić information content (AvgIpc) is 3.07. The van der Waals surface area contributed by atoms with Crippen molar-refractivity contribution in [2.24, 2.45) is 0 Å². The fraction of sp³-hybridized carbons (Fsp3) is 0.565. The van der Waals surface area contributed by atoms with Gasteiger partial charge < -0.3 is 10.6 Å². The first kappa shape index (κ1) is 22.9. The summed E-state index contributed by atoms with van der Waals surface area (Å²) >= 11 is 0. The van der Waals surface area contributed by atoms with Crippen molar-refractivity contribution in [2.75, 3.05) is 17.2 Å².